The third kappa shape index (κ3) is 21.6. The predicted octanol–water partition coefficient (Wildman–Crippen LogP) is 7.06. The first-order valence-corrected chi connectivity index (χ1v) is 15.8. The van der Waals surface area contributed by atoms with Crippen molar-refractivity contribution in [1.29, 1.82) is 0 Å². The number of aliphatic hydroxyl groups is 1. The molecule has 8 unspecified atom stereocenters. The summed E-state index contributed by atoms with van der Waals surface area (Å²) < 4.78 is 21.3. The van der Waals surface area contributed by atoms with Crippen molar-refractivity contribution in [2.75, 3.05) is 0 Å². The smallest absolute Gasteiger partial charge is 0.310 e. The van der Waals surface area contributed by atoms with Crippen molar-refractivity contribution in [2.45, 2.75) is 177 Å². The molecule has 0 amide bonds. The SMILES string of the molecule is CCC(C)O.CCC(C)OC(=O)C1CCCCC1C(=O)O.CCC(C)OC(C)=O.CCCC1OC(C)CC(CC)O1. The molecular weight excluding hydrogens is 528 g/mol. The van der Waals surface area contributed by atoms with Gasteiger partial charge in [0.2, 0.25) is 0 Å². The monoisotopic (exact) mass is 590 g/mol. The van der Waals surface area contributed by atoms with Crippen molar-refractivity contribution >= 4 is 17.9 Å². The first-order chi connectivity index (χ1) is 19.2. The van der Waals surface area contributed by atoms with Gasteiger partial charge in [0.05, 0.1) is 42.4 Å². The molecule has 0 radical (unpaired) electrons. The van der Waals surface area contributed by atoms with Crippen LogP contribution in [-0.4, -0.2) is 64.9 Å². The van der Waals surface area contributed by atoms with Gasteiger partial charge in [-0.1, -0.05) is 53.9 Å². The van der Waals surface area contributed by atoms with Crippen molar-refractivity contribution in [1.82, 2.24) is 0 Å². The van der Waals surface area contributed by atoms with Gasteiger partial charge in [0.15, 0.2) is 6.29 Å². The number of aliphatic hydroxyl groups excluding tert-OH is 1. The molecule has 1 aliphatic heterocycles. The molecule has 1 heterocycles. The van der Waals surface area contributed by atoms with E-state index in [0.717, 1.165) is 57.8 Å². The predicted molar refractivity (Wildman–Crippen MR) is 161 cm³/mol. The second kappa shape index (κ2) is 24.8. The van der Waals surface area contributed by atoms with Gasteiger partial charge in [0, 0.05) is 6.92 Å². The van der Waals surface area contributed by atoms with Crippen molar-refractivity contribution in [3.05, 3.63) is 0 Å². The minimum Gasteiger partial charge on any atom is -0.481 e. The van der Waals surface area contributed by atoms with Crippen molar-refractivity contribution in [2.24, 2.45) is 11.8 Å². The average Bonchev–Trinajstić information content (AvgIpc) is 2.93. The Bertz CT molecular complexity index is 682. The zero-order valence-electron chi connectivity index (χ0n) is 27.6. The van der Waals surface area contributed by atoms with Gasteiger partial charge in [-0.2, -0.15) is 0 Å². The van der Waals surface area contributed by atoms with Crippen LogP contribution in [0, 0.1) is 11.8 Å². The van der Waals surface area contributed by atoms with Crippen molar-refractivity contribution in [3.8, 4) is 0 Å². The summed E-state index contributed by atoms with van der Waals surface area (Å²) in [5, 5.41) is 17.4. The topological polar surface area (TPSA) is 129 Å². The number of aliphatic carboxylic acids is 1. The summed E-state index contributed by atoms with van der Waals surface area (Å²) in [5.74, 6) is -2.39. The van der Waals surface area contributed by atoms with E-state index >= 15 is 0 Å². The minimum atomic E-state index is -0.870. The normalized spacial score (nSPS) is 25.7. The number of carboxylic acids is 1. The minimum absolute atomic E-state index is 0.0590. The molecule has 41 heavy (non-hydrogen) atoms. The highest BCUT2D eigenvalue weighted by Crippen LogP contribution is 2.31. The van der Waals surface area contributed by atoms with Crippen LogP contribution in [0.1, 0.15) is 140 Å². The molecule has 0 bridgehead atoms. The molecule has 1 aliphatic carbocycles. The Hall–Kier alpha value is -1.71. The van der Waals surface area contributed by atoms with Crippen molar-refractivity contribution in [3.63, 3.8) is 0 Å². The van der Waals surface area contributed by atoms with E-state index in [1.165, 1.54) is 6.92 Å². The van der Waals surface area contributed by atoms with Crippen LogP contribution in [0.15, 0.2) is 0 Å². The van der Waals surface area contributed by atoms with Gasteiger partial charge in [-0.3, -0.25) is 14.4 Å². The Morgan fingerprint density at radius 2 is 1.37 bits per heavy atom. The van der Waals surface area contributed by atoms with Crippen LogP contribution in [0.3, 0.4) is 0 Å². The Morgan fingerprint density at radius 1 is 0.854 bits per heavy atom. The van der Waals surface area contributed by atoms with E-state index < -0.39 is 17.8 Å². The molecular formula is C32H62O9. The molecule has 8 atom stereocenters. The average molecular weight is 591 g/mol. The summed E-state index contributed by atoms with van der Waals surface area (Å²) in [6, 6.07) is 0. The summed E-state index contributed by atoms with van der Waals surface area (Å²) in [5.41, 5.74) is 0. The standard InChI is InChI=1S/C12H20O4.C10H20O2.C6H12O2.C4H10O/c1-3-8(2)16-12(15)10-7-5-4-6-9(10)11(13)14;1-4-6-10-11-8(3)7-9(5-2)12-10;1-4-5(2)8-6(3)7;1-3-4(2)5/h8-10H,3-7H2,1-2H3,(H,13,14);8-10H,4-7H2,1-3H3;5H,4H2,1-3H3;4-5H,3H2,1-2H3. The number of rotatable bonds is 10. The van der Waals surface area contributed by atoms with Crippen LogP contribution in [-0.2, 0) is 33.3 Å². The number of hydrogen-bond donors (Lipinski definition) is 2. The quantitative estimate of drug-likeness (QED) is 0.257. The summed E-state index contributed by atoms with van der Waals surface area (Å²) in [7, 11) is 0. The third-order valence-corrected chi connectivity index (χ3v) is 7.11. The second-order valence-corrected chi connectivity index (χ2v) is 11.1. The molecule has 0 spiro atoms. The Balaban J connectivity index is 0. The number of carbonyl (C=O) groups is 3. The Kier molecular flexibility index (Phi) is 25.1. The van der Waals surface area contributed by atoms with Crippen LogP contribution in [0.4, 0.5) is 0 Å². The van der Waals surface area contributed by atoms with Crippen LogP contribution < -0.4 is 0 Å². The highest BCUT2D eigenvalue weighted by molar-refractivity contribution is 5.81. The summed E-state index contributed by atoms with van der Waals surface area (Å²) in [6.45, 7) is 19.2. The van der Waals surface area contributed by atoms with E-state index in [0.29, 0.717) is 25.0 Å². The van der Waals surface area contributed by atoms with Crippen molar-refractivity contribution < 1.29 is 43.5 Å². The molecule has 0 aromatic carbocycles. The third-order valence-electron chi connectivity index (χ3n) is 7.11. The lowest BCUT2D eigenvalue weighted by Crippen LogP contribution is -2.36. The van der Waals surface area contributed by atoms with E-state index in [1.807, 2.05) is 34.6 Å². The van der Waals surface area contributed by atoms with E-state index in [-0.39, 0.29) is 36.5 Å². The number of hydrogen-bond acceptors (Lipinski definition) is 8. The van der Waals surface area contributed by atoms with Gasteiger partial charge in [-0.15, -0.1) is 0 Å². The van der Waals surface area contributed by atoms with Gasteiger partial charge >= 0.3 is 17.9 Å². The highest BCUT2D eigenvalue weighted by atomic mass is 16.7. The van der Waals surface area contributed by atoms with E-state index in [1.54, 1.807) is 6.92 Å². The number of esters is 2. The molecule has 244 valence electrons. The number of carbonyl (C=O) groups excluding carboxylic acids is 2. The Labute approximate surface area is 250 Å². The molecule has 2 rings (SSSR count). The fourth-order valence-electron chi connectivity index (χ4n) is 4.07. The van der Waals surface area contributed by atoms with Gasteiger partial charge in [0.25, 0.3) is 0 Å². The molecule has 9 nitrogen and oxygen atoms in total. The molecule has 1 saturated heterocycles. The van der Waals surface area contributed by atoms with E-state index in [4.69, 9.17) is 29.2 Å². The number of ether oxygens (including phenoxy) is 4. The lowest BCUT2D eigenvalue weighted by Gasteiger charge is -2.33. The molecule has 9 heteroatoms. The second-order valence-electron chi connectivity index (χ2n) is 11.1. The zero-order chi connectivity index (χ0) is 32.0. The maximum atomic E-state index is 11.8. The summed E-state index contributed by atoms with van der Waals surface area (Å²) in [6.07, 6.45) is 10.6. The van der Waals surface area contributed by atoms with Crippen LogP contribution in [0.5, 0.6) is 0 Å². The van der Waals surface area contributed by atoms with Gasteiger partial charge in [-0.25, -0.2) is 0 Å². The first kappa shape index (κ1) is 41.4. The largest absolute Gasteiger partial charge is 0.481 e. The zero-order valence-corrected chi connectivity index (χ0v) is 27.6. The fourth-order valence-corrected chi connectivity index (χ4v) is 4.07. The maximum Gasteiger partial charge on any atom is 0.310 e. The maximum absolute atomic E-state index is 11.8. The van der Waals surface area contributed by atoms with Gasteiger partial charge in [0.1, 0.15) is 0 Å². The highest BCUT2D eigenvalue weighted by Gasteiger charge is 2.37. The lowest BCUT2D eigenvalue weighted by molar-refractivity contribution is -0.240. The van der Waals surface area contributed by atoms with Gasteiger partial charge < -0.3 is 29.2 Å². The van der Waals surface area contributed by atoms with Crippen LogP contribution >= 0.6 is 0 Å². The molecule has 2 fully saturated rings. The lowest BCUT2D eigenvalue weighted by atomic mass is 9.79. The van der Waals surface area contributed by atoms with Gasteiger partial charge in [-0.05, 0) is 79.1 Å². The molecule has 1 saturated carbocycles. The molecule has 2 aliphatic rings. The van der Waals surface area contributed by atoms with E-state index in [9.17, 15) is 14.4 Å². The fraction of sp³-hybridized carbons (Fsp3) is 0.906. The van der Waals surface area contributed by atoms with E-state index in [2.05, 4.69) is 20.8 Å². The number of carboxylic acid groups (broad SMARTS) is 1. The molecule has 2 N–H and O–H groups in total. The summed E-state index contributed by atoms with van der Waals surface area (Å²) >= 11 is 0. The van der Waals surface area contributed by atoms with Crippen LogP contribution in [0.2, 0.25) is 0 Å². The van der Waals surface area contributed by atoms with Crippen LogP contribution in [0.25, 0.3) is 0 Å². The summed E-state index contributed by atoms with van der Waals surface area (Å²) in [4.78, 5) is 33.0. The Morgan fingerprint density at radius 3 is 1.76 bits per heavy atom. The molecule has 0 aromatic rings. The molecule has 0 aromatic heterocycles. The first-order valence-electron chi connectivity index (χ1n) is 15.8.